The molecule has 0 fully saturated rings. The van der Waals surface area contributed by atoms with Crippen LogP contribution < -0.4 is 154 Å². The molecule has 0 atom stereocenters. The first kappa shape index (κ1) is 79.2. The molecule has 63 valence electrons. The van der Waals surface area contributed by atoms with Gasteiger partial charge >= 0.3 is 154 Å². The summed E-state index contributed by atoms with van der Waals surface area (Å²) >= 11 is 0. The molecule has 0 aliphatic carbocycles. The van der Waals surface area contributed by atoms with E-state index in [0.717, 1.165) is 0 Å². The summed E-state index contributed by atoms with van der Waals surface area (Å²) in [7, 11) is 0. The van der Waals surface area contributed by atoms with E-state index in [1.165, 1.54) is 0 Å². The average Bonchev–Trinajstić information content (AvgIpc) is 2.33. The summed E-state index contributed by atoms with van der Waals surface area (Å²) in [5.74, 6) is 0. The molecule has 6 nitrogen and oxygen atoms in total. The van der Waals surface area contributed by atoms with Crippen molar-refractivity contribution in [3.05, 3.63) is 39.4 Å². The smallest absolute Gasteiger partial charge is 0.181 e. The van der Waals surface area contributed by atoms with Crippen molar-refractivity contribution in [3.8, 4) is 0 Å². The molecule has 0 aliphatic heterocycles. The Hall–Kier alpha value is 2.36. The molecule has 0 bridgehead atoms. The van der Waals surface area contributed by atoms with Crippen molar-refractivity contribution in [2.75, 3.05) is 0 Å². The predicted octanol–water partition coefficient (Wildman–Crippen LogP) is -8.41. The number of nitrogens with zero attached hydrogens (tertiary/aromatic N) is 6. The maximum absolute atomic E-state index is 6.25. The third-order valence-electron chi connectivity index (χ3n) is 0. The molecule has 0 amide bonds. The Morgan fingerprint density at radius 2 is 0.312 bits per heavy atom. The molecular formula is C6CoK3N6+3. The van der Waals surface area contributed by atoms with Gasteiger partial charge in [0.15, 0.2) is 39.4 Å². The van der Waals surface area contributed by atoms with Crippen LogP contribution in [0.25, 0.3) is 0 Å². The average molecular weight is 332 g/mol. The zero-order chi connectivity index (χ0) is 12.0. The molecule has 7 radical (unpaired) electrons. The van der Waals surface area contributed by atoms with Crippen LogP contribution in [0.4, 0.5) is 0 Å². The van der Waals surface area contributed by atoms with Crippen molar-refractivity contribution in [3.63, 3.8) is 0 Å². The molecule has 0 rings (SSSR count). The van der Waals surface area contributed by atoms with E-state index >= 15 is 0 Å². The normalized spacial score (nSPS) is 0.750. The first-order chi connectivity index (χ1) is 6.00. The summed E-state index contributed by atoms with van der Waals surface area (Å²) in [5, 5.41) is 37.5. The van der Waals surface area contributed by atoms with Gasteiger partial charge in [-0.05, 0) is 0 Å². The third-order valence-corrected chi connectivity index (χ3v) is 0. The largest absolute Gasteiger partial charge is 1.00 e. The summed E-state index contributed by atoms with van der Waals surface area (Å²) in [6, 6.07) is 0. The Morgan fingerprint density at radius 1 is 0.312 bits per heavy atom. The topological polar surface area (TPSA) is 143 Å². The van der Waals surface area contributed by atoms with Crippen LogP contribution in [0.15, 0.2) is 0 Å². The van der Waals surface area contributed by atoms with Crippen molar-refractivity contribution >= 4 is 0 Å². The van der Waals surface area contributed by atoms with E-state index in [2.05, 4.69) is 0 Å². The minimum absolute atomic E-state index is 0. The molecule has 16 heavy (non-hydrogen) atoms. The molecule has 0 aromatic carbocycles. The molecule has 0 aliphatic rings. The number of rotatable bonds is 0. The SMILES string of the molecule is [C]#N.[C]#N.[C]#N.[C]#N.[C]#N.[C]#N.[Co].[K+].[K+].[K+]. The summed E-state index contributed by atoms with van der Waals surface area (Å²) in [6.45, 7) is 28.5. The second-order valence-corrected chi connectivity index (χ2v) is 0. The van der Waals surface area contributed by atoms with Gasteiger partial charge in [0.2, 0.25) is 0 Å². The quantitative estimate of drug-likeness (QED) is 0.403. The molecule has 0 aromatic heterocycles. The van der Waals surface area contributed by atoms with Crippen LogP contribution in [-0.4, -0.2) is 0 Å². The van der Waals surface area contributed by atoms with E-state index in [1.54, 1.807) is 0 Å². The fourth-order valence-corrected chi connectivity index (χ4v) is 0. The summed E-state index contributed by atoms with van der Waals surface area (Å²) < 4.78 is 0. The first-order valence-electron chi connectivity index (χ1n) is 1.34. The Bertz CT molecular complexity index is 103. The Balaban J connectivity index is -0.00000000321. The van der Waals surface area contributed by atoms with Gasteiger partial charge < -0.3 is 0 Å². The van der Waals surface area contributed by atoms with Crippen LogP contribution in [0.5, 0.6) is 0 Å². The van der Waals surface area contributed by atoms with Gasteiger partial charge in [-0.15, -0.1) is 0 Å². The van der Waals surface area contributed by atoms with Gasteiger partial charge in [0.25, 0.3) is 0 Å². The van der Waals surface area contributed by atoms with E-state index in [-0.39, 0.29) is 171 Å². The predicted molar refractivity (Wildman–Crippen MR) is 29.8 cm³/mol. The zero-order valence-corrected chi connectivity index (χ0v) is 19.4. The Labute approximate surface area is 235 Å². The second kappa shape index (κ2) is 837. The monoisotopic (exact) mass is 332 g/mol. The third kappa shape index (κ3) is 695. The van der Waals surface area contributed by atoms with Gasteiger partial charge in [-0.3, -0.25) is 0 Å². The van der Waals surface area contributed by atoms with Crippen molar-refractivity contribution in [2.24, 2.45) is 0 Å². The summed E-state index contributed by atoms with van der Waals surface area (Å²) in [6.07, 6.45) is 0. The van der Waals surface area contributed by atoms with Gasteiger partial charge in [-0.2, -0.15) is 31.6 Å². The molecule has 0 unspecified atom stereocenters. The Kier molecular flexibility index (Phi) is 4140. The molecule has 0 aromatic rings. The standard InChI is InChI=1S/6CN.Co.3K/c6*1-2;;;;/q;;;;;;;3*+1. The minimum atomic E-state index is 0. The molecule has 0 saturated carbocycles. The van der Waals surface area contributed by atoms with Crippen LogP contribution >= 0.6 is 0 Å². The van der Waals surface area contributed by atoms with Gasteiger partial charge in [0, 0.05) is 16.8 Å². The van der Waals surface area contributed by atoms with E-state index in [9.17, 15) is 0 Å². The van der Waals surface area contributed by atoms with Crippen LogP contribution in [0.2, 0.25) is 0 Å². The molecule has 0 heterocycles. The van der Waals surface area contributed by atoms with Crippen molar-refractivity contribution in [1.29, 1.82) is 31.6 Å². The first-order valence-corrected chi connectivity index (χ1v) is 1.34. The fraction of sp³-hybridized carbons (Fsp3) is 0. The summed E-state index contributed by atoms with van der Waals surface area (Å²) in [5.41, 5.74) is 0. The maximum atomic E-state index is 6.25. The van der Waals surface area contributed by atoms with Crippen LogP contribution in [0, 0.1) is 71.0 Å². The van der Waals surface area contributed by atoms with Crippen LogP contribution in [-0.2, 0) is 16.8 Å². The Morgan fingerprint density at radius 3 is 0.312 bits per heavy atom. The molecule has 0 N–H and O–H groups in total. The zero-order valence-electron chi connectivity index (χ0n) is 9.02. The van der Waals surface area contributed by atoms with Gasteiger partial charge in [-0.1, -0.05) is 0 Å². The molecular weight excluding hydrogens is 332 g/mol. The van der Waals surface area contributed by atoms with E-state index in [4.69, 9.17) is 71.0 Å². The maximum Gasteiger partial charge on any atom is 1.00 e. The molecule has 0 spiro atoms. The minimum Gasteiger partial charge on any atom is -0.181 e. The molecule has 10 heteroatoms. The van der Waals surface area contributed by atoms with E-state index in [0.29, 0.717) is 0 Å². The number of hydrogen-bond acceptors (Lipinski definition) is 6. The second-order valence-electron chi connectivity index (χ2n) is 0. The summed E-state index contributed by atoms with van der Waals surface area (Å²) in [4.78, 5) is 0. The van der Waals surface area contributed by atoms with E-state index < -0.39 is 0 Å². The fourth-order valence-electron chi connectivity index (χ4n) is 0. The van der Waals surface area contributed by atoms with Gasteiger partial charge in [-0.25, -0.2) is 0 Å². The van der Waals surface area contributed by atoms with Crippen molar-refractivity contribution < 1.29 is 171 Å². The number of hydrogen-bond donors (Lipinski definition) is 0. The van der Waals surface area contributed by atoms with Crippen LogP contribution in [0.3, 0.4) is 0 Å². The van der Waals surface area contributed by atoms with Gasteiger partial charge in [0.05, 0.1) is 0 Å². The van der Waals surface area contributed by atoms with Crippen molar-refractivity contribution in [1.82, 2.24) is 0 Å². The van der Waals surface area contributed by atoms with Gasteiger partial charge in [0.1, 0.15) is 0 Å². The van der Waals surface area contributed by atoms with Crippen LogP contribution in [0.1, 0.15) is 0 Å². The van der Waals surface area contributed by atoms with Crippen molar-refractivity contribution in [2.45, 2.75) is 0 Å². The molecule has 0 saturated heterocycles. The van der Waals surface area contributed by atoms with E-state index in [1.807, 2.05) is 0 Å².